The van der Waals surface area contributed by atoms with E-state index in [1.165, 1.54) is 0 Å². The van der Waals surface area contributed by atoms with E-state index in [1.54, 1.807) is 6.92 Å². The Morgan fingerprint density at radius 3 is 2.89 bits per heavy atom. The van der Waals surface area contributed by atoms with E-state index in [2.05, 4.69) is 19.9 Å². The van der Waals surface area contributed by atoms with Crippen molar-refractivity contribution in [3.63, 3.8) is 0 Å². The highest BCUT2D eigenvalue weighted by Crippen LogP contribution is 1.96. The van der Waals surface area contributed by atoms with Crippen LogP contribution in [0.4, 0.5) is 0 Å². The molecule has 5 nitrogen and oxygen atoms in total. The van der Waals surface area contributed by atoms with Crippen molar-refractivity contribution in [2.75, 3.05) is 0 Å². The smallest absolute Gasteiger partial charge is 0.321 e. The third-order valence-electron chi connectivity index (χ3n) is 0.738. The van der Waals surface area contributed by atoms with Gasteiger partial charge in [0, 0.05) is 0 Å². The summed E-state index contributed by atoms with van der Waals surface area (Å²) in [4.78, 5) is 12.3. The first-order chi connectivity index (χ1) is 4.33. The highest BCUT2D eigenvalue weighted by Gasteiger charge is 1.95. The van der Waals surface area contributed by atoms with Crippen LogP contribution in [0.3, 0.4) is 0 Å². The number of ether oxygens (including phenoxy) is 1. The van der Waals surface area contributed by atoms with E-state index in [1.807, 2.05) is 0 Å². The number of aryl methyl sites for hydroxylation is 1. The number of aromatic nitrogens is 3. The van der Waals surface area contributed by atoms with Gasteiger partial charge in [-0.1, -0.05) is 5.10 Å². The number of aromatic amines is 1. The van der Waals surface area contributed by atoms with Crippen LogP contribution in [0.5, 0.6) is 6.01 Å². The summed E-state index contributed by atoms with van der Waals surface area (Å²) in [5.41, 5.74) is 0. The van der Waals surface area contributed by atoms with E-state index in [0.717, 1.165) is 0 Å². The fourth-order valence-electron chi connectivity index (χ4n) is 0.424. The van der Waals surface area contributed by atoms with Gasteiger partial charge in [-0.2, -0.15) is 0 Å². The SMILES string of the molecule is Cc1nnc(OC=O)[nH]1. The molecule has 0 unspecified atom stereocenters. The molecule has 1 heterocycles. The second kappa shape index (κ2) is 2.25. The standard InChI is InChI=1S/C4H5N3O2/c1-3-5-4(7-6-3)9-2-8/h2H,1H3,(H,5,6,7). The van der Waals surface area contributed by atoms with E-state index in [-0.39, 0.29) is 6.01 Å². The summed E-state index contributed by atoms with van der Waals surface area (Å²) in [6, 6.07) is 0.127. The predicted molar refractivity (Wildman–Crippen MR) is 27.8 cm³/mol. The van der Waals surface area contributed by atoms with E-state index in [9.17, 15) is 4.79 Å². The van der Waals surface area contributed by atoms with Crippen LogP contribution in [0, 0.1) is 6.92 Å². The Bertz CT molecular complexity index is 207. The molecule has 0 fully saturated rings. The number of rotatable bonds is 2. The predicted octanol–water partition coefficient (Wildman–Crippen LogP) is -0.352. The van der Waals surface area contributed by atoms with E-state index >= 15 is 0 Å². The number of H-pyrrole nitrogens is 1. The summed E-state index contributed by atoms with van der Waals surface area (Å²) < 4.78 is 4.32. The Morgan fingerprint density at radius 2 is 2.44 bits per heavy atom. The lowest BCUT2D eigenvalue weighted by molar-refractivity contribution is -0.121. The van der Waals surface area contributed by atoms with Gasteiger partial charge in [-0.25, -0.2) is 0 Å². The maximum Gasteiger partial charge on any atom is 0.321 e. The Morgan fingerprint density at radius 1 is 1.67 bits per heavy atom. The van der Waals surface area contributed by atoms with Crippen LogP contribution in [-0.2, 0) is 4.79 Å². The van der Waals surface area contributed by atoms with Gasteiger partial charge >= 0.3 is 12.5 Å². The lowest BCUT2D eigenvalue weighted by Crippen LogP contribution is -1.89. The molecule has 0 aliphatic rings. The van der Waals surface area contributed by atoms with Crippen molar-refractivity contribution in [2.45, 2.75) is 6.92 Å². The molecule has 1 aromatic heterocycles. The van der Waals surface area contributed by atoms with Crippen molar-refractivity contribution >= 4 is 6.47 Å². The van der Waals surface area contributed by atoms with Crippen molar-refractivity contribution in [1.29, 1.82) is 0 Å². The van der Waals surface area contributed by atoms with Gasteiger partial charge in [0.05, 0.1) is 0 Å². The molecule has 0 saturated heterocycles. The number of nitrogens with zero attached hydrogens (tertiary/aromatic N) is 2. The summed E-state index contributed by atoms with van der Waals surface area (Å²) in [6.07, 6.45) is 0. The number of hydrogen-bond donors (Lipinski definition) is 1. The highest BCUT2D eigenvalue weighted by molar-refractivity contribution is 5.41. The van der Waals surface area contributed by atoms with Crippen molar-refractivity contribution in [1.82, 2.24) is 15.2 Å². The first kappa shape index (κ1) is 5.74. The van der Waals surface area contributed by atoms with E-state index in [4.69, 9.17) is 0 Å². The molecule has 0 aromatic carbocycles. The molecular formula is C4H5N3O2. The minimum atomic E-state index is 0.127. The van der Waals surface area contributed by atoms with Gasteiger partial charge in [0.2, 0.25) is 0 Å². The lowest BCUT2D eigenvalue weighted by atomic mass is 10.8. The summed E-state index contributed by atoms with van der Waals surface area (Å²) in [7, 11) is 0. The van der Waals surface area contributed by atoms with E-state index < -0.39 is 0 Å². The fraction of sp³-hybridized carbons (Fsp3) is 0.250. The molecule has 0 amide bonds. The van der Waals surface area contributed by atoms with Crippen LogP contribution in [0.1, 0.15) is 5.82 Å². The average molecular weight is 127 g/mol. The molecule has 9 heavy (non-hydrogen) atoms. The molecule has 0 bridgehead atoms. The second-order valence-electron chi connectivity index (χ2n) is 1.43. The minimum absolute atomic E-state index is 0.127. The summed E-state index contributed by atoms with van der Waals surface area (Å²) >= 11 is 0. The zero-order valence-corrected chi connectivity index (χ0v) is 4.79. The molecule has 0 saturated carbocycles. The quantitative estimate of drug-likeness (QED) is 0.551. The Kier molecular flexibility index (Phi) is 1.44. The van der Waals surface area contributed by atoms with Crippen molar-refractivity contribution in [3.8, 4) is 6.01 Å². The van der Waals surface area contributed by atoms with Crippen LogP contribution in [0.25, 0.3) is 0 Å². The molecule has 1 aromatic rings. The first-order valence-corrected chi connectivity index (χ1v) is 2.32. The molecule has 0 atom stereocenters. The molecule has 1 N–H and O–H groups in total. The van der Waals surface area contributed by atoms with Crippen LogP contribution in [0.2, 0.25) is 0 Å². The highest BCUT2D eigenvalue weighted by atomic mass is 16.5. The second-order valence-corrected chi connectivity index (χ2v) is 1.43. The van der Waals surface area contributed by atoms with Crippen molar-refractivity contribution in [2.24, 2.45) is 0 Å². The van der Waals surface area contributed by atoms with Gasteiger partial charge in [-0.05, 0) is 6.92 Å². The molecule has 0 radical (unpaired) electrons. The summed E-state index contributed by atoms with van der Waals surface area (Å²) in [5, 5.41) is 6.99. The Labute approximate surface area is 51.1 Å². The number of carbonyl (C=O) groups is 1. The van der Waals surface area contributed by atoms with Crippen LogP contribution < -0.4 is 4.74 Å². The minimum Gasteiger partial charge on any atom is -0.393 e. The maximum atomic E-state index is 9.67. The van der Waals surface area contributed by atoms with Gasteiger partial charge in [-0.15, -0.1) is 5.10 Å². The molecule has 0 aliphatic carbocycles. The van der Waals surface area contributed by atoms with Gasteiger partial charge in [0.25, 0.3) is 0 Å². The molecule has 0 spiro atoms. The summed E-state index contributed by atoms with van der Waals surface area (Å²) in [6.45, 7) is 2.00. The van der Waals surface area contributed by atoms with Crippen molar-refractivity contribution < 1.29 is 9.53 Å². The molecule has 1 rings (SSSR count). The normalized spacial score (nSPS) is 9.00. The maximum absolute atomic E-state index is 9.67. The zero-order valence-electron chi connectivity index (χ0n) is 4.79. The average Bonchev–Trinajstić information content (AvgIpc) is 2.17. The largest absolute Gasteiger partial charge is 0.393 e. The molecule has 0 aliphatic heterocycles. The molecule has 48 valence electrons. The van der Waals surface area contributed by atoms with Gasteiger partial charge < -0.3 is 4.74 Å². The van der Waals surface area contributed by atoms with Crippen molar-refractivity contribution in [3.05, 3.63) is 5.82 Å². The monoisotopic (exact) mass is 127 g/mol. The van der Waals surface area contributed by atoms with Crippen LogP contribution in [-0.4, -0.2) is 21.7 Å². The van der Waals surface area contributed by atoms with E-state index in [0.29, 0.717) is 12.3 Å². The Hall–Kier alpha value is -1.39. The third-order valence-corrected chi connectivity index (χ3v) is 0.738. The molecular weight excluding hydrogens is 122 g/mol. The van der Waals surface area contributed by atoms with Crippen LogP contribution >= 0.6 is 0 Å². The van der Waals surface area contributed by atoms with Gasteiger partial charge in [0.1, 0.15) is 5.82 Å². The fourth-order valence-corrected chi connectivity index (χ4v) is 0.424. The summed E-state index contributed by atoms with van der Waals surface area (Å²) in [5.74, 6) is 0.617. The third kappa shape index (κ3) is 1.25. The van der Waals surface area contributed by atoms with Gasteiger partial charge in [-0.3, -0.25) is 9.78 Å². The number of carbonyl (C=O) groups excluding carboxylic acids is 1. The topological polar surface area (TPSA) is 67.9 Å². The first-order valence-electron chi connectivity index (χ1n) is 2.32. The van der Waals surface area contributed by atoms with Gasteiger partial charge in [0.15, 0.2) is 0 Å². The lowest BCUT2D eigenvalue weighted by Gasteiger charge is -1.83. The molecule has 5 heteroatoms. The Balaban J connectivity index is 2.72. The number of nitrogens with one attached hydrogen (secondary N) is 1. The zero-order chi connectivity index (χ0) is 6.69. The van der Waals surface area contributed by atoms with Crippen LogP contribution in [0.15, 0.2) is 0 Å². The number of hydrogen-bond acceptors (Lipinski definition) is 4.